The number of amides is 1. The van der Waals surface area contributed by atoms with Crippen molar-refractivity contribution in [3.63, 3.8) is 0 Å². The van der Waals surface area contributed by atoms with E-state index in [4.69, 9.17) is 40.5 Å². The van der Waals surface area contributed by atoms with Crippen molar-refractivity contribution >= 4 is 57.8 Å². The molecule has 0 radical (unpaired) electrons. The molecule has 0 aliphatic carbocycles. The smallest absolute Gasteiger partial charge is 0.264 e. The van der Waals surface area contributed by atoms with Crippen molar-refractivity contribution in [2.75, 3.05) is 5.01 Å². The maximum absolute atomic E-state index is 14.3. The summed E-state index contributed by atoms with van der Waals surface area (Å²) in [7, 11) is 0. The minimum atomic E-state index is -1.08. The summed E-state index contributed by atoms with van der Waals surface area (Å²) in [6, 6.07) is 23.4. The summed E-state index contributed by atoms with van der Waals surface area (Å²) in [5, 5.41) is 14.6. The molecule has 2 unspecified atom stereocenters. The summed E-state index contributed by atoms with van der Waals surface area (Å²) in [5.74, 6) is -0.145. The molecule has 2 aliphatic rings. The number of carbonyl (C=O) groups excluding carboxylic acids is 1. The molecule has 1 spiro atoms. The SMILES string of the molecule is CC1=NN(c2ccccc2)C(=O)C12C(c1ccc(Cl)cc1)NC(=S)NC2c1ccc(Cl)cc1. The molecule has 0 saturated carbocycles. The van der Waals surface area contributed by atoms with Gasteiger partial charge in [0.05, 0.1) is 23.5 Å². The van der Waals surface area contributed by atoms with Gasteiger partial charge >= 0.3 is 0 Å². The fourth-order valence-electron chi connectivity index (χ4n) is 4.72. The Morgan fingerprint density at radius 3 is 1.82 bits per heavy atom. The minimum absolute atomic E-state index is 0.145. The molecule has 0 bridgehead atoms. The zero-order chi connectivity index (χ0) is 23.2. The van der Waals surface area contributed by atoms with Crippen LogP contribution < -0.4 is 15.6 Å². The second kappa shape index (κ2) is 8.45. The molecule has 5 nitrogen and oxygen atoms in total. The molecule has 1 saturated heterocycles. The third-order valence-electron chi connectivity index (χ3n) is 6.26. The Bertz CT molecular complexity index is 1190. The van der Waals surface area contributed by atoms with Crippen LogP contribution in [0.4, 0.5) is 5.69 Å². The lowest BCUT2D eigenvalue weighted by Gasteiger charge is -2.47. The standard InChI is InChI=1S/C25H20Cl2N4OS/c1-15-25(23(32)31(30-15)20-5-3-2-4-6-20)21(16-7-11-18(26)12-8-16)28-24(33)29-22(25)17-9-13-19(27)14-10-17/h2-14,21-22H,1H3,(H2,28,29,33). The molecule has 3 aromatic rings. The molecular weight excluding hydrogens is 475 g/mol. The van der Waals surface area contributed by atoms with Crippen molar-refractivity contribution in [3.8, 4) is 0 Å². The zero-order valence-corrected chi connectivity index (χ0v) is 20.0. The highest BCUT2D eigenvalue weighted by molar-refractivity contribution is 7.80. The zero-order valence-electron chi connectivity index (χ0n) is 17.6. The molecule has 166 valence electrons. The van der Waals surface area contributed by atoms with Gasteiger partial charge in [0.1, 0.15) is 5.41 Å². The average Bonchev–Trinajstić information content (AvgIpc) is 3.08. The van der Waals surface area contributed by atoms with Crippen molar-refractivity contribution in [2.45, 2.75) is 19.0 Å². The monoisotopic (exact) mass is 494 g/mol. The van der Waals surface area contributed by atoms with Gasteiger partial charge in [-0.1, -0.05) is 65.7 Å². The van der Waals surface area contributed by atoms with Crippen LogP contribution in [-0.2, 0) is 4.79 Å². The van der Waals surface area contributed by atoms with Crippen LogP contribution in [0.25, 0.3) is 0 Å². The summed E-state index contributed by atoms with van der Waals surface area (Å²) in [5.41, 5.74) is 2.08. The largest absolute Gasteiger partial charge is 0.354 e. The van der Waals surface area contributed by atoms with Gasteiger partial charge in [-0.3, -0.25) is 4.79 Å². The van der Waals surface area contributed by atoms with Crippen LogP contribution in [0.3, 0.4) is 0 Å². The van der Waals surface area contributed by atoms with Crippen LogP contribution >= 0.6 is 35.4 Å². The number of thiocarbonyl (C=S) groups is 1. The van der Waals surface area contributed by atoms with Gasteiger partial charge in [-0.15, -0.1) is 0 Å². The number of nitrogens with one attached hydrogen (secondary N) is 2. The first-order valence-electron chi connectivity index (χ1n) is 10.4. The first kappa shape index (κ1) is 21.9. The predicted octanol–water partition coefficient (Wildman–Crippen LogP) is 5.66. The van der Waals surface area contributed by atoms with Gasteiger partial charge in [0.2, 0.25) is 0 Å². The van der Waals surface area contributed by atoms with Crippen LogP contribution in [0.5, 0.6) is 0 Å². The minimum Gasteiger partial charge on any atom is -0.354 e. The Kier molecular flexibility index (Phi) is 5.60. The van der Waals surface area contributed by atoms with Gasteiger partial charge in [0, 0.05) is 10.0 Å². The van der Waals surface area contributed by atoms with Crippen LogP contribution in [0.1, 0.15) is 30.1 Å². The number of carbonyl (C=O) groups is 1. The third kappa shape index (κ3) is 3.59. The van der Waals surface area contributed by atoms with E-state index in [0.717, 1.165) is 11.1 Å². The van der Waals surface area contributed by atoms with Crippen LogP contribution in [0, 0.1) is 5.41 Å². The lowest BCUT2D eigenvalue weighted by Crippen LogP contribution is -2.63. The van der Waals surface area contributed by atoms with E-state index in [1.165, 1.54) is 5.01 Å². The van der Waals surface area contributed by atoms with Crippen LogP contribution in [0.2, 0.25) is 10.0 Å². The molecule has 2 N–H and O–H groups in total. The van der Waals surface area contributed by atoms with E-state index >= 15 is 0 Å². The summed E-state index contributed by atoms with van der Waals surface area (Å²) >= 11 is 17.9. The van der Waals surface area contributed by atoms with Gasteiger partial charge in [-0.2, -0.15) is 10.1 Å². The average molecular weight is 495 g/mol. The molecule has 0 aromatic heterocycles. The Hall–Kier alpha value is -2.93. The summed E-state index contributed by atoms with van der Waals surface area (Å²) in [4.78, 5) is 14.3. The fourth-order valence-corrected chi connectivity index (χ4v) is 5.21. The van der Waals surface area contributed by atoms with Gasteiger partial charge in [-0.25, -0.2) is 0 Å². The van der Waals surface area contributed by atoms with E-state index in [9.17, 15) is 4.79 Å². The predicted molar refractivity (Wildman–Crippen MR) is 137 cm³/mol. The van der Waals surface area contributed by atoms with Crippen molar-refractivity contribution in [3.05, 3.63) is 100 Å². The molecular formula is C25H20Cl2N4OS. The van der Waals surface area contributed by atoms with E-state index < -0.39 is 17.5 Å². The lowest BCUT2D eigenvalue weighted by molar-refractivity contribution is -0.126. The maximum Gasteiger partial charge on any atom is 0.264 e. The van der Waals surface area contributed by atoms with Crippen LogP contribution in [-0.4, -0.2) is 16.7 Å². The van der Waals surface area contributed by atoms with E-state index in [1.807, 2.05) is 85.8 Å². The van der Waals surface area contributed by atoms with Crippen molar-refractivity contribution < 1.29 is 4.79 Å². The van der Waals surface area contributed by atoms with Gasteiger partial charge in [0.25, 0.3) is 5.91 Å². The lowest BCUT2D eigenvalue weighted by atomic mass is 9.65. The number of hydrazone groups is 1. The second-order valence-electron chi connectivity index (χ2n) is 8.09. The highest BCUT2D eigenvalue weighted by Crippen LogP contribution is 2.52. The van der Waals surface area contributed by atoms with Crippen LogP contribution in [0.15, 0.2) is 84.0 Å². The van der Waals surface area contributed by atoms with Gasteiger partial charge < -0.3 is 10.6 Å². The second-order valence-corrected chi connectivity index (χ2v) is 9.37. The van der Waals surface area contributed by atoms with Crippen molar-refractivity contribution in [1.82, 2.24) is 10.6 Å². The molecule has 3 aromatic carbocycles. The van der Waals surface area contributed by atoms with E-state index in [1.54, 1.807) is 0 Å². The molecule has 33 heavy (non-hydrogen) atoms. The number of nitrogens with zero attached hydrogens (tertiary/aromatic N) is 2. The molecule has 2 aliphatic heterocycles. The first-order valence-corrected chi connectivity index (χ1v) is 11.6. The highest BCUT2D eigenvalue weighted by Gasteiger charge is 2.62. The molecule has 5 rings (SSSR count). The Morgan fingerprint density at radius 1 is 0.848 bits per heavy atom. The number of anilines is 1. The Labute approximate surface area is 207 Å². The maximum atomic E-state index is 14.3. The number of para-hydroxylation sites is 1. The van der Waals surface area contributed by atoms with Gasteiger partial charge in [0.15, 0.2) is 5.11 Å². The first-order chi connectivity index (χ1) is 15.9. The van der Waals surface area contributed by atoms with E-state index in [0.29, 0.717) is 26.6 Å². The van der Waals surface area contributed by atoms with Crippen molar-refractivity contribution in [1.29, 1.82) is 0 Å². The number of hydrogen-bond acceptors (Lipinski definition) is 3. The molecule has 2 heterocycles. The number of halogens is 2. The summed E-state index contributed by atoms with van der Waals surface area (Å²) < 4.78 is 0. The molecule has 2 atom stereocenters. The van der Waals surface area contributed by atoms with Gasteiger partial charge in [-0.05, 0) is 66.7 Å². The highest BCUT2D eigenvalue weighted by atomic mass is 35.5. The van der Waals surface area contributed by atoms with E-state index in [-0.39, 0.29) is 5.91 Å². The molecule has 8 heteroatoms. The van der Waals surface area contributed by atoms with E-state index in [2.05, 4.69) is 10.6 Å². The summed E-state index contributed by atoms with van der Waals surface area (Å²) in [6.45, 7) is 1.89. The third-order valence-corrected chi connectivity index (χ3v) is 7.00. The number of rotatable bonds is 3. The topological polar surface area (TPSA) is 56.7 Å². The molecule has 1 fully saturated rings. The Balaban J connectivity index is 1.72. The Morgan fingerprint density at radius 2 is 1.33 bits per heavy atom. The quantitative estimate of drug-likeness (QED) is 0.461. The summed E-state index contributed by atoms with van der Waals surface area (Å²) in [6.07, 6.45) is 0. The molecule has 1 amide bonds. The normalized spacial score (nSPS) is 24.5. The number of benzene rings is 3. The van der Waals surface area contributed by atoms with Crippen molar-refractivity contribution in [2.24, 2.45) is 10.5 Å². The fraction of sp³-hybridized carbons (Fsp3) is 0.160. The number of hydrogen-bond donors (Lipinski definition) is 2.